The van der Waals surface area contributed by atoms with Crippen LogP contribution in [-0.4, -0.2) is 29.9 Å². The molecule has 0 saturated heterocycles. The number of primary amides is 1. The van der Waals surface area contributed by atoms with E-state index in [2.05, 4.69) is 12.2 Å². The maximum atomic E-state index is 12.2. The van der Waals surface area contributed by atoms with Crippen molar-refractivity contribution in [3.05, 3.63) is 0 Å². The first kappa shape index (κ1) is 27.4. The van der Waals surface area contributed by atoms with Crippen molar-refractivity contribution in [1.82, 2.24) is 5.32 Å². The summed E-state index contributed by atoms with van der Waals surface area (Å²) < 4.78 is 5.30. The van der Waals surface area contributed by atoms with Gasteiger partial charge >= 0.3 is 5.97 Å². The van der Waals surface area contributed by atoms with Crippen LogP contribution in [0.4, 0.5) is 0 Å². The second-order valence-electron chi connectivity index (χ2n) is 8.07. The normalized spacial score (nSPS) is 12.9. The van der Waals surface area contributed by atoms with E-state index in [1.165, 1.54) is 51.4 Å². The van der Waals surface area contributed by atoms with Crippen LogP contribution in [0.5, 0.6) is 0 Å². The van der Waals surface area contributed by atoms with Crippen LogP contribution in [-0.2, 0) is 19.1 Å². The number of amides is 2. The maximum absolute atomic E-state index is 12.2. The molecule has 0 rings (SSSR count). The maximum Gasteiger partial charge on any atom is 0.328 e. The first-order valence-electron chi connectivity index (χ1n) is 11.7. The average molecular weight is 413 g/mol. The summed E-state index contributed by atoms with van der Waals surface area (Å²) in [7, 11) is 0. The molecule has 0 aromatic rings. The smallest absolute Gasteiger partial charge is 0.328 e. The lowest BCUT2D eigenvalue weighted by Gasteiger charge is -2.19. The first-order valence-corrected chi connectivity index (χ1v) is 11.7. The molecule has 2 atom stereocenters. The van der Waals surface area contributed by atoms with Crippen molar-refractivity contribution in [2.45, 2.75) is 129 Å². The van der Waals surface area contributed by atoms with Gasteiger partial charge in [0.05, 0.1) is 6.10 Å². The molecule has 170 valence electrons. The number of esters is 1. The molecule has 0 aliphatic rings. The van der Waals surface area contributed by atoms with E-state index in [1.807, 2.05) is 6.92 Å². The molecule has 0 heterocycles. The summed E-state index contributed by atoms with van der Waals surface area (Å²) in [5, 5.41) is 2.72. The minimum Gasteiger partial charge on any atom is -0.461 e. The molecule has 6 heteroatoms. The zero-order chi connectivity index (χ0) is 21.9. The lowest BCUT2D eigenvalue weighted by Crippen LogP contribution is -2.43. The van der Waals surface area contributed by atoms with Crippen LogP contribution in [0.15, 0.2) is 0 Å². The fourth-order valence-electron chi connectivity index (χ4n) is 3.12. The Bertz CT molecular complexity index is 454. The molecule has 0 aromatic carbocycles. The highest BCUT2D eigenvalue weighted by Gasteiger charge is 2.24. The SMILES string of the molecule is CCCCCCCCCCCCCC(=O)NC(CCC(N)=O)C(=O)OC(C)CC. The van der Waals surface area contributed by atoms with Crippen LogP contribution in [0.25, 0.3) is 0 Å². The molecule has 2 unspecified atom stereocenters. The van der Waals surface area contributed by atoms with Gasteiger partial charge in [-0.15, -0.1) is 0 Å². The number of hydrogen-bond acceptors (Lipinski definition) is 4. The Labute approximate surface area is 177 Å². The summed E-state index contributed by atoms with van der Waals surface area (Å²) in [6, 6.07) is -0.809. The molecule has 0 aliphatic heterocycles. The third kappa shape index (κ3) is 17.0. The number of carbonyl (C=O) groups excluding carboxylic acids is 3. The van der Waals surface area contributed by atoms with Gasteiger partial charge in [-0.1, -0.05) is 78.1 Å². The molecular weight excluding hydrogens is 368 g/mol. The van der Waals surface area contributed by atoms with Crippen molar-refractivity contribution < 1.29 is 19.1 Å². The van der Waals surface area contributed by atoms with Gasteiger partial charge in [0.25, 0.3) is 0 Å². The van der Waals surface area contributed by atoms with Gasteiger partial charge in [-0.05, 0) is 26.2 Å². The van der Waals surface area contributed by atoms with Gasteiger partial charge in [0.15, 0.2) is 0 Å². The van der Waals surface area contributed by atoms with E-state index < -0.39 is 17.9 Å². The summed E-state index contributed by atoms with van der Waals surface area (Å²) in [6.07, 6.45) is 14.5. The predicted octanol–water partition coefficient (Wildman–Crippen LogP) is 4.78. The molecule has 0 fully saturated rings. The standard InChI is InChI=1S/C23H44N2O4/c1-4-6-7-8-9-10-11-12-13-14-15-16-22(27)25-20(17-18-21(24)26)23(28)29-19(3)5-2/h19-20H,4-18H2,1-3H3,(H2,24,26)(H,25,27). The monoisotopic (exact) mass is 412 g/mol. The number of unbranched alkanes of at least 4 members (excludes halogenated alkanes) is 10. The average Bonchev–Trinajstić information content (AvgIpc) is 2.68. The molecule has 2 amide bonds. The summed E-state index contributed by atoms with van der Waals surface area (Å²) in [5.74, 6) is -1.16. The summed E-state index contributed by atoms with van der Waals surface area (Å²) in [6.45, 7) is 5.96. The fraction of sp³-hybridized carbons (Fsp3) is 0.870. The Morgan fingerprint density at radius 3 is 1.83 bits per heavy atom. The molecular formula is C23H44N2O4. The molecule has 29 heavy (non-hydrogen) atoms. The largest absolute Gasteiger partial charge is 0.461 e. The van der Waals surface area contributed by atoms with E-state index in [0.717, 1.165) is 19.3 Å². The molecule has 0 saturated carbocycles. The van der Waals surface area contributed by atoms with Crippen LogP contribution in [0.1, 0.15) is 117 Å². The molecule has 0 bridgehead atoms. The van der Waals surface area contributed by atoms with Gasteiger partial charge in [0.1, 0.15) is 6.04 Å². The van der Waals surface area contributed by atoms with E-state index in [9.17, 15) is 14.4 Å². The van der Waals surface area contributed by atoms with Crippen molar-refractivity contribution in [2.75, 3.05) is 0 Å². The highest BCUT2D eigenvalue weighted by Crippen LogP contribution is 2.12. The Morgan fingerprint density at radius 1 is 0.828 bits per heavy atom. The molecule has 0 aromatic heterocycles. The second-order valence-corrected chi connectivity index (χ2v) is 8.07. The van der Waals surface area contributed by atoms with Crippen molar-refractivity contribution in [2.24, 2.45) is 5.73 Å². The van der Waals surface area contributed by atoms with Crippen molar-refractivity contribution in [3.63, 3.8) is 0 Å². The third-order valence-corrected chi connectivity index (χ3v) is 5.20. The van der Waals surface area contributed by atoms with Gasteiger partial charge in [0, 0.05) is 12.8 Å². The molecule has 0 radical (unpaired) electrons. The van der Waals surface area contributed by atoms with E-state index >= 15 is 0 Å². The number of carbonyl (C=O) groups is 3. The second kappa shape index (κ2) is 18.4. The molecule has 0 spiro atoms. The highest BCUT2D eigenvalue weighted by molar-refractivity contribution is 5.85. The first-order chi connectivity index (χ1) is 13.9. The van der Waals surface area contributed by atoms with Gasteiger partial charge < -0.3 is 15.8 Å². The van der Waals surface area contributed by atoms with Crippen molar-refractivity contribution in [3.8, 4) is 0 Å². The summed E-state index contributed by atoms with van der Waals surface area (Å²) in [5.41, 5.74) is 5.17. The van der Waals surface area contributed by atoms with Crippen LogP contribution in [0, 0.1) is 0 Å². The van der Waals surface area contributed by atoms with Crippen molar-refractivity contribution >= 4 is 17.8 Å². The topological polar surface area (TPSA) is 98.5 Å². The Balaban J connectivity index is 3.97. The molecule has 0 aliphatic carbocycles. The number of ether oxygens (including phenoxy) is 1. The minimum absolute atomic E-state index is 0.0407. The zero-order valence-electron chi connectivity index (χ0n) is 19.0. The zero-order valence-corrected chi connectivity index (χ0v) is 19.0. The van der Waals surface area contributed by atoms with E-state index in [1.54, 1.807) is 6.92 Å². The van der Waals surface area contributed by atoms with Gasteiger partial charge in [-0.25, -0.2) is 4.79 Å². The van der Waals surface area contributed by atoms with E-state index in [0.29, 0.717) is 12.8 Å². The van der Waals surface area contributed by atoms with Crippen LogP contribution in [0.3, 0.4) is 0 Å². The van der Waals surface area contributed by atoms with Gasteiger partial charge in [0.2, 0.25) is 11.8 Å². The molecule has 3 N–H and O–H groups in total. The highest BCUT2D eigenvalue weighted by atomic mass is 16.5. The predicted molar refractivity (Wildman–Crippen MR) is 117 cm³/mol. The van der Waals surface area contributed by atoms with Crippen LogP contribution < -0.4 is 11.1 Å². The lowest BCUT2D eigenvalue weighted by atomic mass is 10.0. The summed E-state index contributed by atoms with van der Waals surface area (Å²) >= 11 is 0. The number of hydrogen-bond donors (Lipinski definition) is 2. The van der Waals surface area contributed by atoms with E-state index in [4.69, 9.17) is 10.5 Å². The van der Waals surface area contributed by atoms with Gasteiger partial charge in [-0.3, -0.25) is 9.59 Å². The fourth-order valence-corrected chi connectivity index (χ4v) is 3.12. The Morgan fingerprint density at radius 2 is 1.34 bits per heavy atom. The van der Waals surface area contributed by atoms with Crippen LogP contribution in [0.2, 0.25) is 0 Å². The number of rotatable bonds is 19. The number of nitrogens with two attached hydrogens (primary N) is 1. The summed E-state index contributed by atoms with van der Waals surface area (Å²) in [4.78, 5) is 35.4. The molecule has 6 nitrogen and oxygen atoms in total. The van der Waals surface area contributed by atoms with Crippen LogP contribution >= 0.6 is 0 Å². The van der Waals surface area contributed by atoms with E-state index in [-0.39, 0.29) is 24.9 Å². The Kier molecular flexibility index (Phi) is 17.4. The number of nitrogens with one attached hydrogen (secondary N) is 1. The Hall–Kier alpha value is -1.59. The van der Waals surface area contributed by atoms with Crippen molar-refractivity contribution in [1.29, 1.82) is 0 Å². The van der Waals surface area contributed by atoms with Gasteiger partial charge in [-0.2, -0.15) is 0 Å². The lowest BCUT2D eigenvalue weighted by molar-refractivity contribution is -0.152. The minimum atomic E-state index is -0.809. The quantitative estimate of drug-likeness (QED) is 0.236. The third-order valence-electron chi connectivity index (χ3n) is 5.20.